The summed E-state index contributed by atoms with van der Waals surface area (Å²) in [7, 11) is 0. The van der Waals surface area contributed by atoms with Crippen LogP contribution < -0.4 is 10.2 Å². The molecular weight excluding hydrogens is 462 g/mol. The van der Waals surface area contributed by atoms with Crippen LogP contribution in [0.15, 0.2) is 77.7 Å². The molecule has 1 N–H and O–H groups in total. The van der Waals surface area contributed by atoms with E-state index in [9.17, 15) is 9.59 Å². The van der Waals surface area contributed by atoms with E-state index in [0.717, 1.165) is 46.9 Å². The first-order valence-electron chi connectivity index (χ1n) is 11.4. The largest absolute Gasteiger partial charge is 0.352 e. The van der Waals surface area contributed by atoms with Gasteiger partial charge in [-0.2, -0.15) is 0 Å². The number of hydrogen-bond acceptors (Lipinski definition) is 5. The molecular formula is C27H25N3O2S2. The number of nitrogens with one attached hydrogen (secondary N) is 1. The van der Waals surface area contributed by atoms with Crippen molar-refractivity contribution in [1.82, 2.24) is 10.3 Å². The lowest BCUT2D eigenvalue weighted by Gasteiger charge is -2.17. The van der Waals surface area contributed by atoms with Gasteiger partial charge in [0.1, 0.15) is 0 Å². The number of nitrogens with zero attached hydrogens (tertiary/aromatic N) is 2. The van der Waals surface area contributed by atoms with Crippen molar-refractivity contribution in [2.75, 3.05) is 23.7 Å². The number of para-hydroxylation sites is 2. The van der Waals surface area contributed by atoms with E-state index in [4.69, 9.17) is 0 Å². The minimum atomic E-state index is -0.105. The average Bonchev–Trinajstić information content (AvgIpc) is 3.49. The Bertz CT molecular complexity index is 1300. The molecule has 4 aromatic rings. The van der Waals surface area contributed by atoms with Crippen molar-refractivity contribution < 1.29 is 9.59 Å². The molecule has 0 radical (unpaired) electrons. The molecule has 5 rings (SSSR count). The third-order valence-electron chi connectivity index (χ3n) is 5.86. The molecule has 5 nitrogen and oxygen atoms in total. The highest BCUT2D eigenvalue weighted by molar-refractivity contribution is 8.00. The van der Waals surface area contributed by atoms with Crippen LogP contribution in [-0.4, -0.2) is 35.6 Å². The molecule has 1 aromatic heterocycles. The standard InChI is InChI=1S/C27H25N3O2S2/c31-26(30-17-15-19-8-1-4-11-22(19)30)18-33-23-12-5-2-9-20(23)27(32)28-16-7-14-25-29-21-10-3-6-13-24(21)34-25/h1-6,8-13H,7,14-18H2,(H,28,32). The fourth-order valence-electron chi connectivity index (χ4n) is 4.16. The number of hydrogen-bond donors (Lipinski definition) is 1. The molecule has 1 aliphatic heterocycles. The fourth-order valence-corrected chi connectivity index (χ4v) is 6.09. The van der Waals surface area contributed by atoms with Crippen LogP contribution >= 0.6 is 23.1 Å². The van der Waals surface area contributed by atoms with Gasteiger partial charge in [-0.25, -0.2) is 4.98 Å². The van der Waals surface area contributed by atoms with Crippen LogP contribution in [0.2, 0.25) is 0 Å². The Morgan fingerprint density at radius 2 is 1.79 bits per heavy atom. The minimum absolute atomic E-state index is 0.0704. The van der Waals surface area contributed by atoms with E-state index < -0.39 is 0 Å². The quantitative estimate of drug-likeness (QED) is 0.269. The van der Waals surface area contributed by atoms with E-state index in [-0.39, 0.29) is 11.8 Å². The van der Waals surface area contributed by atoms with Crippen LogP contribution in [0.5, 0.6) is 0 Å². The first kappa shape index (κ1) is 22.6. The summed E-state index contributed by atoms with van der Waals surface area (Å²) in [6.07, 6.45) is 2.55. The second-order valence-corrected chi connectivity index (χ2v) is 10.3. The normalized spacial score (nSPS) is 12.6. The predicted molar refractivity (Wildman–Crippen MR) is 140 cm³/mol. The van der Waals surface area contributed by atoms with Crippen molar-refractivity contribution in [3.63, 3.8) is 0 Å². The summed E-state index contributed by atoms with van der Waals surface area (Å²) in [5.41, 5.74) is 3.87. The van der Waals surface area contributed by atoms with E-state index in [1.54, 1.807) is 11.3 Å². The number of carbonyl (C=O) groups is 2. The molecule has 0 bridgehead atoms. The Hall–Kier alpha value is -3.16. The Kier molecular flexibility index (Phi) is 6.92. The SMILES string of the molecule is O=C(NCCCc1nc2ccccc2s1)c1ccccc1SCC(=O)N1CCc2ccccc21. The number of thioether (sulfide) groups is 1. The van der Waals surface area contributed by atoms with Crippen molar-refractivity contribution in [1.29, 1.82) is 0 Å². The molecule has 3 aromatic carbocycles. The maximum absolute atomic E-state index is 12.9. The summed E-state index contributed by atoms with van der Waals surface area (Å²) in [5, 5.41) is 4.12. The Morgan fingerprint density at radius 3 is 2.71 bits per heavy atom. The fraction of sp³-hybridized carbons (Fsp3) is 0.222. The monoisotopic (exact) mass is 487 g/mol. The van der Waals surface area contributed by atoms with E-state index in [0.29, 0.717) is 17.9 Å². The highest BCUT2D eigenvalue weighted by Crippen LogP contribution is 2.30. The molecule has 1 aliphatic rings. The van der Waals surface area contributed by atoms with Gasteiger partial charge in [-0.3, -0.25) is 9.59 Å². The summed E-state index contributed by atoms with van der Waals surface area (Å²) in [5.74, 6) is 0.267. The molecule has 0 saturated carbocycles. The number of amides is 2. The van der Waals surface area contributed by atoms with Gasteiger partial charge in [0.2, 0.25) is 5.91 Å². The first-order chi connectivity index (χ1) is 16.7. The zero-order valence-electron chi connectivity index (χ0n) is 18.7. The topological polar surface area (TPSA) is 62.3 Å². The molecule has 0 aliphatic carbocycles. The van der Waals surface area contributed by atoms with E-state index in [2.05, 4.69) is 22.4 Å². The van der Waals surface area contributed by atoms with Gasteiger partial charge in [0.05, 0.1) is 26.5 Å². The van der Waals surface area contributed by atoms with Crippen molar-refractivity contribution >= 4 is 50.8 Å². The van der Waals surface area contributed by atoms with Gasteiger partial charge in [-0.15, -0.1) is 23.1 Å². The van der Waals surface area contributed by atoms with Crippen LogP contribution in [-0.2, 0) is 17.6 Å². The molecule has 0 fully saturated rings. The lowest BCUT2D eigenvalue weighted by molar-refractivity contribution is -0.116. The summed E-state index contributed by atoms with van der Waals surface area (Å²) in [4.78, 5) is 33.1. The molecule has 2 amide bonds. The van der Waals surface area contributed by atoms with Gasteiger partial charge in [0.15, 0.2) is 0 Å². The van der Waals surface area contributed by atoms with E-state index in [1.807, 2.05) is 65.6 Å². The summed E-state index contributed by atoms with van der Waals surface area (Å²) in [6.45, 7) is 1.30. The molecule has 7 heteroatoms. The molecule has 2 heterocycles. The number of carbonyl (C=O) groups excluding carboxylic acids is 2. The molecule has 34 heavy (non-hydrogen) atoms. The van der Waals surface area contributed by atoms with Gasteiger partial charge in [0, 0.05) is 30.1 Å². The minimum Gasteiger partial charge on any atom is -0.352 e. The van der Waals surface area contributed by atoms with E-state index in [1.165, 1.54) is 22.0 Å². The second kappa shape index (κ2) is 10.4. The van der Waals surface area contributed by atoms with Crippen LogP contribution in [0, 0.1) is 0 Å². The number of anilines is 1. The molecule has 0 saturated heterocycles. The van der Waals surface area contributed by atoms with E-state index >= 15 is 0 Å². The smallest absolute Gasteiger partial charge is 0.252 e. The third kappa shape index (κ3) is 5.00. The second-order valence-electron chi connectivity index (χ2n) is 8.14. The van der Waals surface area contributed by atoms with Gasteiger partial charge >= 0.3 is 0 Å². The summed E-state index contributed by atoms with van der Waals surface area (Å²) in [6, 6.07) is 23.7. The van der Waals surface area contributed by atoms with Gasteiger partial charge < -0.3 is 10.2 Å². The third-order valence-corrected chi connectivity index (χ3v) is 8.02. The van der Waals surface area contributed by atoms with Crippen molar-refractivity contribution in [3.05, 3.63) is 88.9 Å². The van der Waals surface area contributed by atoms with Gasteiger partial charge in [-0.1, -0.05) is 42.5 Å². The Balaban J connectivity index is 1.14. The number of benzene rings is 3. The number of rotatable bonds is 8. The van der Waals surface area contributed by atoms with Gasteiger partial charge in [0.25, 0.3) is 5.91 Å². The van der Waals surface area contributed by atoms with Gasteiger partial charge in [-0.05, 0) is 48.7 Å². The highest BCUT2D eigenvalue weighted by atomic mass is 32.2. The number of fused-ring (bicyclic) bond motifs is 2. The number of aryl methyl sites for hydroxylation is 1. The lowest BCUT2D eigenvalue weighted by atomic mass is 10.2. The summed E-state index contributed by atoms with van der Waals surface area (Å²) >= 11 is 3.13. The zero-order chi connectivity index (χ0) is 23.3. The maximum atomic E-state index is 12.9. The van der Waals surface area contributed by atoms with Crippen LogP contribution in [0.4, 0.5) is 5.69 Å². The van der Waals surface area contributed by atoms with Crippen LogP contribution in [0.25, 0.3) is 10.2 Å². The number of thiazole rings is 1. The van der Waals surface area contributed by atoms with Crippen LogP contribution in [0.3, 0.4) is 0 Å². The first-order valence-corrected chi connectivity index (χ1v) is 13.2. The summed E-state index contributed by atoms with van der Waals surface area (Å²) < 4.78 is 1.19. The maximum Gasteiger partial charge on any atom is 0.252 e. The lowest BCUT2D eigenvalue weighted by Crippen LogP contribution is -2.30. The Morgan fingerprint density at radius 1 is 1.00 bits per heavy atom. The zero-order valence-corrected chi connectivity index (χ0v) is 20.3. The van der Waals surface area contributed by atoms with Crippen molar-refractivity contribution in [2.24, 2.45) is 0 Å². The van der Waals surface area contributed by atoms with Crippen LogP contribution in [0.1, 0.15) is 27.3 Å². The molecule has 0 spiro atoms. The highest BCUT2D eigenvalue weighted by Gasteiger charge is 2.24. The molecule has 172 valence electrons. The average molecular weight is 488 g/mol. The van der Waals surface area contributed by atoms with Crippen molar-refractivity contribution in [2.45, 2.75) is 24.2 Å². The Labute approximate surface area is 207 Å². The van der Waals surface area contributed by atoms with Crippen molar-refractivity contribution in [3.8, 4) is 0 Å². The number of aromatic nitrogens is 1. The molecule has 0 atom stereocenters. The molecule has 0 unspecified atom stereocenters. The predicted octanol–water partition coefficient (Wildman–Crippen LogP) is 5.34.